The minimum Gasteiger partial charge on any atom is -0.504 e. The van der Waals surface area contributed by atoms with Gasteiger partial charge >= 0.3 is 0 Å². The fraction of sp³-hybridized carbons (Fsp3) is 0.571. The molecule has 0 saturated carbocycles. The lowest BCUT2D eigenvalue weighted by molar-refractivity contribution is -0.0396. The van der Waals surface area contributed by atoms with Gasteiger partial charge in [-0.2, -0.15) is 0 Å². The van der Waals surface area contributed by atoms with E-state index in [0.717, 1.165) is 12.8 Å². The van der Waals surface area contributed by atoms with Crippen LogP contribution in [-0.4, -0.2) is 41.7 Å². The Balaban J connectivity index is 2.58. The van der Waals surface area contributed by atoms with Gasteiger partial charge in [0.05, 0.1) is 13.7 Å². The lowest BCUT2D eigenvalue weighted by Crippen LogP contribution is -2.24. The number of unbranched alkanes of at least 4 members (excludes halogenated alkanes) is 1. The summed E-state index contributed by atoms with van der Waals surface area (Å²) in [6.07, 6.45) is -0.133. The first-order valence-corrected chi connectivity index (χ1v) is 6.41. The molecule has 1 aromatic rings. The molecule has 2 atom stereocenters. The van der Waals surface area contributed by atoms with Crippen molar-refractivity contribution in [2.45, 2.75) is 32.0 Å². The second-order valence-electron chi connectivity index (χ2n) is 4.37. The normalized spacial score (nSPS) is 14.1. The van der Waals surface area contributed by atoms with Gasteiger partial charge in [-0.25, -0.2) is 0 Å². The third kappa shape index (κ3) is 4.70. The van der Waals surface area contributed by atoms with E-state index in [1.807, 2.05) is 0 Å². The molecular weight excluding hydrogens is 248 g/mol. The van der Waals surface area contributed by atoms with Gasteiger partial charge in [0.25, 0.3) is 0 Å². The van der Waals surface area contributed by atoms with Gasteiger partial charge in [-0.05, 0) is 24.1 Å². The largest absolute Gasteiger partial charge is 0.504 e. The first-order valence-electron chi connectivity index (χ1n) is 6.41. The van der Waals surface area contributed by atoms with Crippen molar-refractivity contribution in [2.24, 2.45) is 0 Å². The predicted molar refractivity (Wildman–Crippen MR) is 71.4 cm³/mol. The van der Waals surface area contributed by atoms with E-state index in [9.17, 15) is 15.3 Å². The van der Waals surface area contributed by atoms with E-state index in [4.69, 9.17) is 9.47 Å². The van der Waals surface area contributed by atoms with E-state index in [0.29, 0.717) is 12.2 Å². The highest BCUT2D eigenvalue weighted by atomic mass is 16.5. The molecule has 0 fully saturated rings. The van der Waals surface area contributed by atoms with Gasteiger partial charge < -0.3 is 24.8 Å². The van der Waals surface area contributed by atoms with Crippen LogP contribution in [0.2, 0.25) is 0 Å². The van der Waals surface area contributed by atoms with Crippen LogP contribution in [0.5, 0.6) is 11.5 Å². The Labute approximate surface area is 113 Å². The SMILES string of the molecule is CCCCOCC(O)C(O)c1ccc(O)c(OC)c1. The third-order valence-corrected chi connectivity index (χ3v) is 2.84. The molecule has 2 unspecified atom stereocenters. The molecule has 0 aliphatic rings. The maximum Gasteiger partial charge on any atom is 0.160 e. The summed E-state index contributed by atoms with van der Waals surface area (Å²) in [6.45, 7) is 2.70. The second kappa shape index (κ2) is 7.99. The average molecular weight is 270 g/mol. The number of hydrogen-bond donors (Lipinski definition) is 3. The van der Waals surface area contributed by atoms with Crippen molar-refractivity contribution in [3.8, 4) is 11.5 Å². The fourth-order valence-corrected chi connectivity index (χ4v) is 1.64. The summed E-state index contributed by atoms with van der Waals surface area (Å²) in [5.41, 5.74) is 0.473. The monoisotopic (exact) mass is 270 g/mol. The number of phenols is 1. The Morgan fingerprint density at radius 3 is 2.63 bits per heavy atom. The summed E-state index contributed by atoms with van der Waals surface area (Å²) in [4.78, 5) is 0. The molecule has 1 rings (SSSR count). The maximum atomic E-state index is 9.99. The highest BCUT2D eigenvalue weighted by Crippen LogP contribution is 2.29. The smallest absolute Gasteiger partial charge is 0.160 e. The van der Waals surface area contributed by atoms with Crippen molar-refractivity contribution in [1.29, 1.82) is 0 Å². The maximum absolute atomic E-state index is 9.99. The molecule has 0 aromatic heterocycles. The molecule has 19 heavy (non-hydrogen) atoms. The molecule has 1 aromatic carbocycles. The summed E-state index contributed by atoms with van der Waals surface area (Å²) >= 11 is 0. The van der Waals surface area contributed by atoms with Crippen LogP contribution in [0, 0.1) is 0 Å². The highest BCUT2D eigenvalue weighted by molar-refractivity contribution is 5.42. The van der Waals surface area contributed by atoms with Crippen molar-refractivity contribution >= 4 is 0 Å². The number of methoxy groups -OCH3 is 1. The molecule has 0 spiro atoms. The van der Waals surface area contributed by atoms with Crippen molar-refractivity contribution < 1.29 is 24.8 Å². The number of aliphatic hydroxyl groups excluding tert-OH is 2. The minimum atomic E-state index is -1.07. The van der Waals surface area contributed by atoms with E-state index in [1.165, 1.54) is 25.3 Å². The Morgan fingerprint density at radius 2 is 2.00 bits per heavy atom. The molecule has 0 bridgehead atoms. The summed E-state index contributed by atoms with van der Waals surface area (Å²) < 4.78 is 10.2. The van der Waals surface area contributed by atoms with E-state index in [2.05, 4.69) is 6.92 Å². The molecule has 0 amide bonds. The van der Waals surface area contributed by atoms with Crippen LogP contribution in [0.15, 0.2) is 18.2 Å². The van der Waals surface area contributed by atoms with E-state index < -0.39 is 12.2 Å². The number of aromatic hydroxyl groups is 1. The number of benzene rings is 1. The van der Waals surface area contributed by atoms with Gasteiger partial charge in [0, 0.05) is 6.61 Å². The average Bonchev–Trinajstić information content (AvgIpc) is 2.43. The number of hydrogen-bond acceptors (Lipinski definition) is 5. The fourth-order valence-electron chi connectivity index (χ4n) is 1.64. The lowest BCUT2D eigenvalue weighted by atomic mass is 10.0. The van der Waals surface area contributed by atoms with Gasteiger partial charge in [-0.3, -0.25) is 0 Å². The molecular formula is C14H22O5. The Kier molecular flexibility index (Phi) is 6.62. The van der Waals surface area contributed by atoms with Gasteiger partial charge in [0.15, 0.2) is 11.5 Å². The van der Waals surface area contributed by atoms with Gasteiger partial charge in [-0.15, -0.1) is 0 Å². The molecule has 0 aliphatic heterocycles. The van der Waals surface area contributed by atoms with Crippen molar-refractivity contribution in [3.63, 3.8) is 0 Å². The van der Waals surface area contributed by atoms with Crippen LogP contribution in [0.4, 0.5) is 0 Å². The molecule has 0 heterocycles. The zero-order valence-corrected chi connectivity index (χ0v) is 11.4. The highest BCUT2D eigenvalue weighted by Gasteiger charge is 2.19. The number of rotatable bonds is 8. The number of phenolic OH excluding ortho intramolecular Hbond substituents is 1. The molecule has 0 aliphatic carbocycles. The Morgan fingerprint density at radius 1 is 1.26 bits per heavy atom. The third-order valence-electron chi connectivity index (χ3n) is 2.84. The Hall–Kier alpha value is -1.30. The Bertz CT molecular complexity index is 380. The van der Waals surface area contributed by atoms with Crippen molar-refractivity contribution in [3.05, 3.63) is 23.8 Å². The first-order chi connectivity index (χ1) is 9.10. The van der Waals surface area contributed by atoms with E-state index in [-0.39, 0.29) is 18.1 Å². The van der Waals surface area contributed by atoms with Crippen LogP contribution in [0.1, 0.15) is 31.4 Å². The molecule has 3 N–H and O–H groups in total. The summed E-state index contributed by atoms with van der Waals surface area (Å²) in [7, 11) is 1.43. The van der Waals surface area contributed by atoms with Crippen LogP contribution >= 0.6 is 0 Å². The van der Waals surface area contributed by atoms with Gasteiger partial charge in [0.1, 0.15) is 12.2 Å². The van der Waals surface area contributed by atoms with Gasteiger partial charge in [0.2, 0.25) is 0 Å². The molecule has 108 valence electrons. The number of aliphatic hydroxyl groups is 2. The molecule has 0 saturated heterocycles. The zero-order valence-electron chi connectivity index (χ0n) is 11.4. The lowest BCUT2D eigenvalue weighted by Gasteiger charge is -2.19. The number of ether oxygens (including phenoxy) is 2. The van der Waals surface area contributed by atoms with Crippen LogP contribution < -0.4 is 4.74 Å². The molecule has 0 radical (unpaired) electrons. The first kappa shape index (κ1) is 15.8. The van der Waals surface area contributed by atoms with Crippen LogP contribution in [0.25, 0.3) is 0 Å². The topological polar surface area (TPSA) is 79.2 Å². The standard InChI is InChI=1S/C14H22O5/c1-3-4-7-19-9-12(16)14(17)10-5-6-11(15)13(8-10)18-2/h5-6,8,12,14-17H,3-4,7,9H2,1-2H3. The summed E-state index contributed by atoms with van der Waals surface area (Å²) in [5, 5.41) is 29.3. The predicted octanol–water partition coefficient (Wildman–Crippen LogP) is 1.61. The van der Waals surface area contributed by atoms with Crippen molar-refractivity contribution in [1.82, 2.24) is 0 Å². The van der Waals surface area contributed by atoms with Gasteiger partial charge in [-0.1, -0.05) is 19.4 Å². The summed E-state index contributed by atoms with van der Waals surface area (Å²) in [5.74, 6) is 0.253. The zero-order chi connectivity index (χ0) is 14.3. The van der Waals surface area contributed by atoms with Crippen LogP contribution in [0.3, 0.4) is 0 Å². The second-order valence-corrected chi connectivity index (χ2v) is 4.37. The quantitative estimate of drug-likeness (QED) is 0.625. The molecule has 5 nitrogen and oxygen atoms in total. The minimum absolute atomic E-state index is 0.00728. The van der Waals surface area contributed by atoms with E-state index >= 15 is 0 Å². The summed E-state index contributed by atoms with van der Waals surface area (Å²) in [6, 6.07) is 4.45. The van der Waals surface area contributed by atoms with E-state index in [1.54, 1.807) is 0 Å². The van der Waals surface area contributed by atoms with Crippen molar-refractivity contribution in [2.75, 3.05) is 20.3 Å². The molecule has 5 heteroatoms. The van der Waals surface area contributed by atoms with Crippen LogP contribution in [-0.2, 0) is 4.74 Å².